The molecule has 0 aliphatic carbocycles. The van der Waals surface area contributed by atoms with Gasteiger partial charge in [-0.25, -0.2) is 0 Å². The van der Waals surface area contributed by atoms with Crippen molar-refractivity contribution in [3.63, 3.8) is 0 Å². The summed E-state index contributed by atoms with van der Waals surface area (Å²) in [7, 11) is 4.17. The minimum Gasteiger partial charge on any atom is -0.388 e. The summed E-state index contributed by atoms with van der Waals surface area (Å²) in [5, 5.41) is 9.34. The van der Waals surface area contributed by atoms with E-state index in [-0.39, 0.29) is 12.3 Å². The van der Waals surface area contributed by atoms with Gasteiger partial charge < -0.3 is 9.59 Å². The van der Waals surface area contributed by atoms with Crippen LogP contribution in [-0.2, 0) is 0 Å². The first-order chi connectivity index (χ1) is 6.40. The van der Waals surface area contributed by atoms with Crippen LogP contribution in [0.2, 0.25) is 0 Å². The van der Waals surface area contributed by atoms with Crippen molar-refractivity contribution in [3.05, 3.63) is 0 Å². The normalized spacial score (nSPS) is 16.7. The summed E-state index contributed by atoms with van der Waals surface area (Å²) in [6, 6.07) is 0. The molecule has 0 fully saturated rings. The molecule has 0 saturated carbocycles. The molecule has 0 aromatic heterocycles. The molecule has 0 rings (SSSR count). The third-order valence-electron chi connectivity index (χ3n) is 2.74. The minimum absolute atomic E-state index is 0.149. The Labute approximate surface area is 88.5 Å². The maximum Gasteiger partial charge on any atom is 0.140 e. The first-order valence-electron chi connectivity index (χ1n) is 5.66. The van der Waals surface area contributed by atoms with Crippen LogP contribution in [0.25, 0.3) is 0 Å². The molecule has 2 atom stereocenters. The molecular formula is C11H27N2O+. The van der Waals surface area contributed by atoms with Crippen LogP contribution in [0.15, 0.2) is 0 Å². The molecule has 3 N–H and O–H groups in total. The lowest BCUT2D eigenvalue weighted by molar-refractivity contribution is -0.917. The van der Waals surface area contributed by atoms with E-state index in [9.17, 15) is 5.11 Å². The summed E-state index contributed by atoms with van der Waals surface area (Å²) in [5.41, 5.74) is 6.10. The van der Waals surface area contributed by atoms with Crippen LogP contribution in [0.1, 0.15) is 39.5 Å². The van der Waals surface area contributed by atoms with Gasteiger partial charge in [-0.3, -0.25) is 5.73 Å². The highest BCUT2D eigenvalue weighted by atomic mass is 16.3. The molecule has 14 heavy (non-hydrogen) atoms. The summed E-state index contributed by atoms with van der Waals surface area (Å²) < 4.78 is 0.710. The van der Waals surface area contributed by atoms with Crippen LogP contribution < -0.4 is 5.73 Å². The Morgan fingerprint density at radius 1 is 1.29 bits per heavy atom. The lowest BCUT2D eigenvalue weighted by atomic mass is 10.1. The van der Waals surface area contributed by atoms with Crippen molar-refractivity contribution in [1.29, 1.82) is 0 Å². The number of nitrogens with zero attached hydrogens (tertiary/aromatic N) is 1. The van der Waals surface area contributed by atoms with E-state index in [4.69, 9.17) is 5.73 Å². The van der Waals surface area contributed by atoms with Gasteiger partial charge in [-0.2, -0.15) is 0 Å². The topological polar surface area (TPSA) is 46.2 Å². The molecule has 0 aromatic rings. The molecule has 0 spiro atoms. The number of hydrogen-bond acceptors (Lipinski definition) is 2. The molecular weight excluding hydrogens is 176 g/mol. The number of rotatable bonds is 7. The molecule has 0 amide bonds. The Kier molecular flexibility index (Phi) is 6.33. The van der Waals surface area contributed by atoms with E-state index in [1.165, 1.54) is 19.3 Å². The average Bonchev–Trinajstić information content (AvgIpc) is 2.02. The van der Waals surface area contributed by atoms with E-state index in [2.05, 4.69) is 21.0 Å². The second kappa shape index (κ2) is 6.38. The van der Waals surface area contributed by atoms with E-state index in [1.54, 1.807) is 0 Å². The van der Waals surface area contributed by atoms with Gasteiger partial charge in [-0.05, 0) is 13.3 Å². The van der Waals surface area contributed by atoms with Gasteiger partial charge in [-0.15, -0.1) is 0 Å². The van der Waals surface area contributed by atoms with Crippen molar-refractivity contribution in [1.82, 2.24) is 0 Å². The van der Waals surface area contributed by atoms with Gasteiger partial charge >= 0.3 is 0 Å². The summed E-state index contributed by atoms with van der Waals surface area (Å²) in [4.78, 5) is 0. The van der Waals surface area contributed by atoms with Crippen molar-refractivity contribution < 1.29 is 9.59 Å². The van der Waals surface area contributed by atoms with Gasteiger partial charge in [0.15, 0.2) is 0 Å². The molecule has 0 aliphatic rings. The predicted octanol–water partition coefficient (Wildman–Crippen LogP) is 1.31. The van der Waals surface area contributed by atoms with E-state index in [0.717, 1.165) is 13.0 Å². The van der Waals surface area contributed by atoms with Crippen LogP contribution >= 0.6 is 0 Å². The molecule has 3 nitrogen and oxygen atoms in total. The van der Waals surface area contributed by atoms with Gasteiger partial charge in [-0.1, -0.05) is 19.8 Å². The Bertz CT molecular complexity index is 146. The number of likely N-dealkylation sites (N-methyl/N-ethyl adjacent to an activating group) is 1. The first-order valence-corrected chi connectivity index (χ1v) is 5.66. The zero-order valence-electron chi connectivity index (χ0n) is 10.2. The van der Waals surface area contributed by atoms with E-state index in [0.29, 0.717) is 4.48 Å². The zero-order chi connectivity index (χ0) is 11.2. The Morgan fingerprint density at radius 3 is 2.29 bits per heavy atom. The fraction of sp³-hybridized carbons (Fsp3) is 1.00. The Morgan fingerprint density at radius 2 is 1.86 bits per heavy atom. The molecule has 2 unspecified atom stereocenters. The SMILES string of the molecule is CCCCCC(N)[N+](C)(C)CC(C)O. The number of aliphatic hydroxyl groups excluding tert-OH is 1. The standard InChI is InChI=1S/C11H27N2O/c1-5-6-7-8-11(12)13(3,4)9-10(2)14/h10-11,14H,5-9,12H2,1-4H3/q+1. The lowest BCUT2D eigenvalue weighted by Gasteiger charge is -2.36. The third-order valence-corrected chi connectivity index (χ3v) is 2.74. The fourth-order valence-corrected chi connectivity index (χ4v) is 1.77. The van der Waals surface area contributed by atoms with Crippen LogP contribution in [0, 0.1) is 0 Å². The number of aliphatic hydroxyl groups is 1. The first kappa shape index (κ1) is 13.9. The number of nitrogens with two attached hydrogens (primary N) is 1. The molecule has 0 aromatic carbocycles. The fourth-order valence-electron chi connectivity index (χ4n) is 1.77. The highest BCUT2D eigenvalue weighted by molar-refractivity contribution is 4.53. The minimum atomic E-state index is -0.276. The highest BCUT2D eigenvalue weighted by Crippen LogP contribution is 2.11. The zero-order valence-corrected chi connectivity index (χ0v) is 10.2. The Hall–Kier alpha value is -0.120. The lowest BCUT2D eigenvalue weighted by Crippen LogP contribution is -2.56. The smallest absolute Gasteiger partial charge is 0.140 e. The summed E-state index contributed by atoms with van der Waals surface area (Å²) in [6.45, 7) is 4.74. The van der Waals surface area contributed by atoms with Crippen LogP contribution in [0.5, 0.6) is 0 Å². The highest BCUT2D eigenvalue weighted by Gasteiger charge is 2.25. The van der Waals surface area contributed by atoms with Crippen molar-refractivity contribution in [2.45, 2.75) is 51.8 Å². The second-order valence-corrected chi connectivity index (χ2v) is 4.87. The van der Waals surface area contributed by atoms with Crippen molar-refractivity contribution in [2.24, 2.45) is 5.73 Å². The van der Waals surface area contributed by atoms with Gasteiger partial charge in [0.05, 0.1) is 14.1 Å². The Balaban J connectivity index is 3.87. The quantitative estimate of drug-likeness (QED) is 0.372. The molecule has 0 bridgehead atoms. The number of unbranched alkanes of at least 4 members (excludes halogenated alkanes) is 2. The van der Waals surface area contributed by atoms with E-state index >= 15 is 0 Å². The van der Waals surface area contributed by atoms with Crippen molar-refractivity contribution in [3.8, 4) is 0 Å². The molecule has 0 saturated heterocycles. The molecule has 3 heteroatoms. The summed E-state index contributed by atoms with van der Waals surface area (Å²) in [5.74, 6) is 0. The maximum absolute atomic E-state index is 9.34. The van der Waals surface area contributed by atoms with Crippen LogP contribution in [0.3, 0.4) is 0 Å². The summed E-state index contributed by atoms with van der Waals surface area (Å²) >= 11 is 0. The largest absolute Gasteiger partial charge is 0.388 e. The van der Waals surface area contributed by atoms with Gasteiger partial charge in [0.1, 0.15) is 18.8 Å². The number of hydrogen-bond donors (Lipinski definition) is 2. The van der Waals surface area contributed by atoms with Gasteiger partial charge in [0.2, 0.25) is 0 Å². The predicted molar refractivity (Wildman–Crippen MR) is 60.8 cm³/mol. The van der Waals surface area contributed by atoms with E-state index in [1.807, 2.05) is 6.92 Å². The van der Waals surface area contributed by atoms with E-state index < -0.39 is 0 Å². The number of quaternary nitrogens is 1. The molecule has 0 aliphatic heterocycles. The summed E-state index contributed by atoms with van der Waals surface area (Å²) in [6.07, 6.45) is 4.60. The monoisotopic (exact) mass is 203 g/mol. The average molecular weight is 203 g/mol. The third kappa shape index (κ3) is 5.58. The molecule has 0 radical (unpaired) electrons. The van der Waals surface area contributed by atoms with Gasteiger partial charge in [0.25, 0.3) is 0 Å². The van der Waals surface area contributed by atoms with Gasteiger partial charge in [0, 0.05) is 6.42 Å². The van der Waals surface area contributed by atoms with Crippen molar-refractivity contribution in [2.75, 3.05) is 20.6 Å². The molecule has 86 valence electrons. The maximum atomic E-state index is 9.34. The molecule has 0 heterocycles. The second-order valence-electron chi connectivity index (χ2n) is 4.87. The van der Waals surface area contributed by atoms with Crippen LogP contribution in [0.4, 0.5) is 0 Å². The van der Waals surface area contributed by atoms with Crippen molar-refractivity contribution >= 4 is 0 Å². The van der Waals surface area contributed by atoms with Crippen LogP contribution in [-0.4, -0.2) is 42.5 Å².